The fraction of sp³-hybridized carbons (Fsp3) is 0.0909. The molecule has 4 nitrogen and oxygen atoms in total. The number of carbonyl (C=O) groups excluding carboxylic acids is 2. The summed E-state index contributed by atoms with van der Waals surface area (Å²) in [5.41, 5.74) is 2.23. The Balaban J connectivity index is 1.45. The molecule has 0 aliphatic carbocycles. The number of nitrogens with one attached hydrogen (secondary N) is 2. The molecule has 3 rings (SSSR count). The second-order valence-corrected chi connectivity index (χ2v) is 7.13. The molecule has 142 valence electrons. The minimum Gasteiger partial charge on any atom is -0.326 e. The Morgan fingerprint density at radius 2 is 1.32 bits per heavy atom. The molecule has 0 bridgehead atoms. The van der Waals surface area contributed by atoms with Crippen molar-refractivity contribution in [1.82, 2.24) is 0 Å². The van der Waals surface area contributed by atoms with Crippen molar-refractivity contribution in [1.29, 1.82) is 0 Å². The van der Waals surface area contributed by atoms with Gasteiger partial charge in [0.2, 0.25) is 11.8 Å². The molecule has 0 spiro atoms. The quantitative estimate of drug-likeness (QED) is 0.569. The maximum absolute atomic E-state index is 12.9. The maximum atomic E-state index is 12.9. The highest BCUT2D eigenvalue weighted by Gasteiger charge is 2.06. The summed E-state index contributed by atoms with van der Waals surface area (Å²) in [5, 5.41) is 5.58. The van der Waals surface area contributed by atoms with Gasteiger partial charge in [-0.15, -0.1) is 11.8 Å². The van der Waals surface area contributed by atoms with Crippen LogP contribution in [0.25, 0.3) is 0 Å². The number of hydrogen-bond acceptors (Lipinski definition) is 3. The fourth-order valence-corrected chi connectivity index (χ4v) is 3.20. The highest BCUT2D eigenvalue weighted by Crippen LogP contribution is 2.21. The van der Waals surface area contributed by atoms with Crippen LogP contribution in [-0.4, -0.2) is 17.6 Å². The van der Waals surface area contributed by atoms with Crippen molar-refractivity contribution >= 4 is 35.0 Å². The van der Waals surface area contributed by atoms with Crippen molar-refractivity contribution in [3.63, 3.8) is 0 Å². The lowest BCUT2D eigenvalue weighted by atomic mass is 10.1. The highest BCUT2D eigenvalue weighted by atomic mass is 32.2. The SMILES string of the molecule is O=C(CSc1ccc(NC(=O)Cc2ccccc2)cc1)Nc1ccc(F)cc1. The van der Waals surface area contributed by atoms with E-state index in [1.807, 2.05) is 54.6 Å². The van der Waals surface area contributed by atoms with Crippen LogP contribution in [0.1, 0.15) is 5.56 Å². The Kier molecular flexibility index (Phi) is 6.81. The topological polar surface area (TPSA) is 58.2 Å². The first-order valence-corrected chi connectivity index (χ1v) is 9.69. The van der Waals surface area contributed by atoms with E-state index in [4.69, 9.17) is 0 Å². The van der Waals surface area contributed by atoms with Crippen LogP contribution >= 0.6 is 11.8 Å². The average molecular weight is 394 g/mol. The first-order chi connectivity index (χ1) is 13.6. The van der Waals surface area contributed by atoms with Crippen molar-refractivity contribution in [2.75, 3.05) is 16.4 Å². The van der Waals surface area contributed by atoms with E-state index in [1.54, 1.807) is 0 Å². The maximum Gasteiger partial charge on any atom is 0.234 e. The minimum atomic E-state index is -0.344. The molecule has 6 heteroatoms. The van der Waals surface area contributed by atoms with Crippen molar-refractivity contribution in [3.8, 4) is 0 Å². The van der Waals surface area contributed by atoms with Crippen LogP contribution in [0.3, 0.4) is 0 Å². The molecule has 28 heavy (non-hydrogen) atoms. The number of benzene rings is 3. The van der Waals surface area contributed by atoms with E-state index < -0.39 is 0 Å². The Hall–Kier alpha value is -3.12. The summed E-state index contributed by atoms with van der Waals surface area (Å²) in [4.78, 5) is 25.0. The minimum absolute atomic E-state index is 0.0784. The molecule has 0 aliphatic heterocycles. The van der Waals surface area contributed by atoms with Crippen molar-refractivity contribution in [2.45, 2.75) is 11.3 Å². The lowest BCUT2D eigenvalue weighted by molar-refractivity contribution is -0.115. The van der Waals surface area contributed by atoms with Crippen molar-refractivity contribution in [2.24, 2.45) is 0 Å². The zero-order valence-electron chi connectivity index (χ0n) is 15.0. The van der Waals surface area contributed by atoms with E-state index >= 15 is 0 Å². The summed E-state index contributed by atoms with van der Waals surface area (Å²) >= 11 is 1.38. The van der Waals surface area contributed by atoms with Gasteiger partial charge in [0.1, 0.15) is 5.82 Å². The van der Waals surface area contributed by atoms with E-state index in [9.17, 15) is 14.0 Å². The molecule has 3 aromatic carbocycles. The van der Waals surface area contributed by atoms with Gasteiger partial charge >= 0.3 is 0 Å². The lowest BCUT2D eigenvalue weighted by Gasteiger charge is -2.07. The third-order valence-corrected chi connectivity index (χ3v) is 4.86. The summed E-state index contributed by atoms with van der Waals surface area (Å²) in [7, 11) is 0. The summed E-state index contributed by atoms with van der Waals surface area (Å²) in [6.07, 6.45) is 0.320. The zero-order valence-corrected chi connectivity index (χ0v) is 15.8. The number of thioether (sulfide) groups is 1. The second-order valence-electron chi connectivity index (χ2n) is 6.08. The van der Waals surface area contributed by atoms with Crippen LogP contribution in [0.15, 0.2) is 83.8 Å². The molecule has 0 aromatic heterocycles. The Bertz CT molecular complexity index is 929. The molecule has 0 fully saturated rings. The first kappa shape index (κ1) is 19.6. The van der Waals surface area contributed by atoms with Crippen LogP contribution in [0.5, 0.6) is 0 Å². The largest absolute Gasteiger partial charge is 0.326 e. The smallest absolute Gasteiger partial charge is 0.234 e. The van der Waals surface area contributed by atoms with Crippen molar-refractivity contribution < 1.29 is 14.0 Å². The Morgan fingerprint density at radius 3 is 1.96 bits per heavy atom. The summed E-state index contributed by atoms with van der Waals surface area (Å²) < 4.78 is 12.9. The number of carbonyl (C=O) groups is 2. The van der Waals surface area contributed by atoms with Gasteiger partial charge in [0.25, 0.3) is 0 Å². The van der Waals surface area contributed by atoms with E-state index in [0.29, 0.717) is 17.8 Å². The van der Waals surface area contributed by atoms with Gasteiger partial charge in [0, 0.05) is 16.3 Å². The predicted octanol–water partition coefficient (Wildman–Crippen LogP) is 4.74. The number of anilines is 2. The van der Waals surface area contributed by atoms with Crippen LogP contribution in [0.4, 0.5) is 15.8 Å². The molecule has 3 aromatic rings. The molecule has 0 atom stereocenters. The van der Waals surface area contributed by atoms with Crippen LogP contribution in [0, 0.1) is 5.82 Å². The lowest BCUT2D eigenvalue weighted by Crippen LogP contribution is -2.14. The number of hydrogen-bond donors (Lipinski definition) is 2. The summed E-state index contributed by atoms with van der Waals surface area (Å²) in [6, 6.07) is 22.5. The molecule has 2 amide bonds. The van der Waals surface area contributed by atoms with Gasteiger partial charge in [0.15, 0.2) is 0 Å². The van der Waals surface area contributed by atoms with E-state index in [1.165, 1.54) is 36.0 Å². The third-order valence-electron chi connectivity index (χ3n) is 3.84. The van der Waals surface area contributed by atoms with Gasteiger partial charge in [-0.3, -0.25) is 9.59 Å². The van der Waals surface area contributed by atoms with Gasteiger partial charge in [-0.1, -0.05) is 30.3 Å². The fourth-order valence-electron chi connectivity index (χ4n) is 2.50. The molecule has 0 aliphatic rings. The molecule has 0 radical (unpaired) electrons. The predicted molar refractivity (Wildman–Crippen MR) is 111 cm³/mol. The summed E-state index contributed by atoms with van der Waals surface area (Å²) in [5.74, 6) is -0.359. The standard InChI is InChI=1S/C22H19FN2O2S/c23-17-6-8-18(9-7-17)25-22(27)15-28-20-12-10-19(11-13-20)24-21(26)14-16-4-2-1-3-5-16/h1-13H,14-15H2,(H,24,26)(H,25,27). The molecule has 0 saturated carbocycles. The van der Waals surface area contributed by atoms with Crippen LogP contribution in [0.2, 0.25) is 0 Å². The second kappa shape index (κ2) is 9.71. The van der Waals surface area contributed by atoms with E-state index in [-0.39, 0.29) is 23.4 Å². The number of halogens is 1. The van der Waals surface area contributed by atoms with Gasteiger partial charge < -0.3 is 10.6 Å². The molecule has 0 saturated heterocycles. The summed E-state index contributed by atoms with van der Waals surface area (Å²) in [6.45, 7) is 0. The first-order valence-electron chi connectivity index (χ1n) is 8.70. The average Bonchev–Trinajstić information content (AvgIpc) is 2.70. The molecule has 0 heterocycles. The van der Waals surface area contributed by atoms with E-state index in [0.717, 1.165) is 10.5 Å². The van der Waals surface area contributed by atoms with Gasteiger partial charge in [0.05, 0.1) is 12.2 Å². The van der Waals surface area contributed by atoms with Gasteiger partial charge in [-0.25, -0.2) is 4.39 Å². The van der Waals surface area contributed by atoms with Gasteiger partial charge in [-0.05, 0) is 54.1 Å². The third kappa shape index (κ3) is 6.25. The monoisotopic (exact) mass is 394 g/mol. The van der Waals surface area contributed by atoms with Crippen LogP contribution < -0.4 is 10.6 Å². The molecule has 0 unspecified atom stereocenters. The molecular weight excluding hydrogens is 375 g/mol. The van der Waals surface area contributed by atoms with E-state index in [2.05, 4.69) is 10.6 Å². The highest BCUT2D eigenvalue weighted by molar-refractivity contribution is 8.00. The molecular formula is C22H19FN2O2S. The van der Waals surface area contributed by atoms with Crippen LogP contribution in [-0.2, 0) is 16.0 Å². The Labute approximate surface area is 167 Å². The zero-order chi connectivity index (χ0) is 19.8. The van der Waals surface area contributed by atoms with Gasteiger partial charge in [-0.2, -0.15) is 0 Å². The molecule has 2 N–H and O–H groups in total. The number of amides is 2. The van der Waals surface area contributed by atoms with Crippen molar-refractivity contribution in [3.05, 3.63) is 90.2 Å². The number of rotatable bonds is 7. The Morgan fingerprint density at radius 1 is 0.750 bits per heavy atom. The normalized spacial score (nSPS) is 10.3.